The molecule has 3 heteroatoms. The third-order valence-electron chi connectivity index (χ3n) is 3.40. The van der Waals surface area contributed by atoms with E-state index in [0.717, 1.165) is 19.3 Å². The SMILES string of the molecule is CC(O)CNC(=O)C1CCCCC1(C)C. The van der Waals surface area contributed by atoms with Crippen LogP contribution in [0.2, 0.25) is 0 Å². The second kappa shape index (κ2) is 4.97. The van der Waals surface area contributed by atoms with E-state index in [9.17, 15) is 4.79 Å². The fourth-order valence-corrected chi connectivity index (χ4v) is 2.35. The molecule has 0 aliphatic heterocycles. The van der Waals surface area contributed by atoms with Crippen molar-refractivity contribution >= 4 is 5.91 Å². The summed E-state index contributed by atoms with van der Waals surface area (Å²) in [5, 5.41) is 11.9. The summed E-state index contributed by atoms with van der Waals surface area (Å²) in [6.07, 6.45) is 4.03. The number of amides is 1. The van der Waals surface area contributed by atoms with Crippen molar-refractivity contribution in [2.45, 2.75) is 52.6 Å². The average Bonchev–Trinajstić information content (AvgIpc) is 2.13. The van der Waals surface area contributed by atoms with Gasteiger partial charge in [0.2, 0.25) is 5.91 Å². The predicted octanol–water partition coefficient (Wildman–Crippen LogP) is 1.70. The molecular formula is C12H23NO2. The van der Waals surface area contributed by atoms with Crippen molar-refractivity contribution in [2.75, 3.05) is 6.54 Å². The summed E-state index contributed by atoms with van der Waals surface area (Å²) in [5.74, 6) is 0.227. The summed E-state index contributed by atoms with van der Waals surface area (Å²) in [4.78, 5) is 11.9. The summed E-state index contributed by atoms with van der Waals surface area (Å²) >= 11 is 0. The first-order valence-electron chi connectivity index (χ1n) is 5.89. The van der Waals surface area contributed by atoms with Crippen molar-refractivity contribution in [3.8, 4) is 0 Å². The molecule has 1 rings (SSSR count). The molecule has 2 unspecified atom stereocenters. The molecule has 1 amide bonds. The summed E-state index contributed by atoms with van der Waals surface area (Å²) in [6.45, 7) is 6.38. The Hall–Kier alpha value is -0.570. The zero-order valence-electron chi connectivity index (χ0n) is 10.0. The van der Waals surface area contributed by atoms with Crippen LogP contribution in [0.1, 0.15) is 46.5 Å². The first-order chi connectivity index (χ1) is 6.93. The number of nitrogens with one attached hydrogen (secondary N) is 1. The number of aliphatic hydroxyl groups excluding tert-OH is 1. The molecule has 0 aromatic heterocycles. The van der Waals surface area contributed by atoms with Gasteiger partial charge < -0.3 is 10.4 Å². The van der Waals surface area contributed by atoms with Crippen LogP contribution in [-0.4, -0.2) is 23.7 Å². The van der Waals surface area contributed by atoms with E-state index in [-0.39, 0.29) is 17.2 Å². The molecule has 0 radical (unpaired) electrons. The van der Waals surface area contributed by atoms with Gasteiger partial charge in [-0.1, -0.05) is 26.7 Å². The van der Waals surface area contributed by atoms with Gasteiger partial charge >= 0.3 is 0 Å². The van der Waals surface area contributed by atoms with Gasteiger partial charge in [0.15, 0.2) is 0 Å². The highest BCUT2D eigenvalue weighted by Gasteiger charge is 2.36. The Morgan fingerprint density at radius 2 is 2.20 bits per heavy atom. The summed E-state index contributed by atoms with van der Waals surface area (Å²) in [5.41, 5.74) is 0.112. The lowest BCUT2D eigenvalue weighted by Gasteiger charge is -2.37. The molecule has 0 bridgehead atoms. The van der Waals surface area contributed by atoms with Crippen molar-refractivity contribution in [3.63, 3.8) is 0 Å². The van der Waals surface area contributed by atoms with Gasteiger partial charge in [0.25, 0.3) is 0 Å². The molecule has 1 saturated carbocycles. The van der Waals surface area contributed by atoms with Crippen molar-refractivity contribution in [1.82, 2.24) is 5.32 Å². The van der Waals surface area contributed by atoms with Gasteiger partial charge in [-0.15, -0.1) is 0 Å². The molecule has 0 aromatic rings. The van der Waals surface area contributed by atoms with E-state index in [1.165, 1.54) is 6.42 Å². The minimum Gasteiger partial charge on any atom is -0.392 e. The van der Waals surface area contributed by atoms with E-state index >= 15 is 0 Å². The fourth-order valence-electron chi connectivity index (χ4n) is 2.35. The molecular weight excluding hydrogens is 190 g/mol. The van der Waals surface area contributed by atoms with Crippen LogP contribution in [0.3, 0.4) is 0 Å². The summed E-state index contributed by atoms with van der Waals surface area (Å²) in [7, 11) is 0. The Morgan fingerprint density at radius 3 is 2.73 bits per heavy atom. The third-order valence-corrected chi connectivity index (χ3v) is 3.40. The Kier molecular flexibility index (Phi) is 4.14. The van der Waals surface area contributed by atoms with Gasteiger partial charge in [-0.25, -0.2) is 0 Å². The summed E-state index contributed by atoms with van der Waals surface area (Å²) in [6, 6.07) is 0. The van der Waals surface area contributed by atoms with Gasteiger partial charge in [0.05, 0.1) is 6.10 Å². The third kappa shape index (κ3) is 3.49. The maximum atomic E-state index is 11.9. The molecule has 88 valence electrons. The van der Waals surface area contributed by atoms with Crippen LogP contribution < -0.4 is 5.32 Å². The largest absolute Gasteiger partial charge is 0.392 e. The molecule has 0 saturated heterocycles. The topological polar surface area (TPSA) is 49.3 Å². The molecule has 0 heterocycles. The Bertz CT molecular complexity index is 224. The van der Waals surface area contributed by atoms with E-state index < -0.39 is 6.10 Å². The lowest BCUT2D eigenvalue weighted by atomic mass is 9.68. The van der Waals surface area contributed by atoms with E-state index in [0.29, 0.717) is 6.54 Å². The number of carbonyl (C=O) groups is 1. The molecule has 1 aliphatic rings. The van der Waals surface area contributed by atoms with Crippen LogP contribution in [0.5, 0.6) is 0 Å². The standard InChI is InChI=1S/C12H23NO2/c1-9(14)8-13-11(15)10-6-4-5-7-12(10,2)3/h9-10,14H,4-8H2,1-3H3,(H,13,15). The van der Waals surface area contributed by atoms with Gasteiger partial charge in [-0.05, 0) is 25.2 Å². The predicted molar refractivity (Wildman–Crippen MR) is 60.4 cm³/mol. The molecule has 1 aliphatic carbocycles. The first-order valence-corrected chi connectivity index (χ1v) is 5.89. The minimum absolute atomic E-state index is 0.112. The number of aliphatic hydroxyl groups is 1. The van der Waals surface area contributed by atoms with Crippen molar-refractivity contribution in [1.29, 1.82) is 0 Å². The van der Waals surface area contributed by atoms with Gasteiger partial charge in [-0.3, -0.25) is 4.79 Å². The molecule has 2 N–H and O–H groups in total. The quantitative estimate of drug-likeness (QED) is 0.749. The van der Waals surface area contributed by atoms with E-state index in [2.05, 4.69) is 19.2 Å². The van der Waals surface area contributed by atoms with E-state index in [1.807, 2.05) is 0 Å². The van der Waals surface area contributed by atoms with E-state index in [4.69, 9.17) is 5.11 Å². The van der Waals surface area contributed by atoms with Crippen LogP contribution in [0.25, 0.3) is 0 Å². The van der Waals surface area contributed by atoms with Crippen molar-refractivity contribution in [3.05, 3.63) is 0 Å². The Morgan fingerprint density at radius 1 is 1.53 bits per heavy atom. The van der Waals surface area contributed by atoms with Crippen molar-refractivity contribution in [2.24, 2.45) is 11.3 Å². The number of hydrogen-bond acceptors (Lipinski definition) is 2. The Balaban J connectivity index is 2.49. The highest BCUT2D eigenvalue weighted by Crippen LogP contribution is 2.40. The lowest BCUT2D eigenvalue weighted by molar-refractivity contribution is -0.130. The molecule has 3 nitrogen and oxygen atoms in total. The first kappa shape index (κ1) is 12.5. The zero-order valence-corrected chi connectivity index (χ0v) is 10.0. The average molecular weight is 213 g/mol. The van der Waals surface area contributed by atoms with Gasteiger partial charge in [0.1, 0.15) is 0 Å². The number of hydrogen-bond donors (Lipinski definition) is 2. The highest BCUT2D eigenvalue weighted by molar-refractivity contribution is 5.79. The maximum absolute atomic E-state index is 11.9. The monoisotopic (exact) mass is 213 g/mol. The lowest BCUT2D eigenvalue weighted by Crippen LogP contribution is -2.43. The zero-order chi connectivity index (χ0) is 11.5. The smallest absolute Gasteiger partial charge is 0.223 e. The molecule has 15 heavy (non-hydrogen) atoms. The van der Waals surface area contributed by atoms with Crippen molar-refractivity contribution < 1.29 is 9.90 Å². The molecule has 2 atom stereocenters. The van der Waals surface area contributed by atoms with E-state index in [1.54, 1.807) is 6.92 Å². The van der Waals surface area contributed by atoms with Crippen LogP contribution in [0, 0.1) is 11.3 Å². The minimum atomic E-state index is -0.458. The van der Waals surface area contributed by atoms with Crippen LogP contribution in [0.15, 0.2) is 0 Å². The number of rotatable bonds is 3. The Labute approximate surface area is 92.3 Å². The molecule has 0 spiro atoms. The van der Waals surface area contributed by atoms with Gasteiger partial charge in [-0.2, -0.15) is 0 Å². The summed E-state index contributed by atoms with van der Waals surface area (Å²) < 4.78 is 0. The van der Waals surface area contributed by atoms with Crippen LogP contribution >= 0.6 is 0 Å². The van der Waals surface area contributed by atoms with Crippen LogP contribution in [0.4, 0.5) is 0 Å². The normalized spacial score (nSPS) is 27.1. The molecule has 1 fully saturated rings. The van der Waals surface area contributed by atoms with Gasteiger partial charge in [0, 0.05) is 12.5 Å². The maximum Gasteiger partial charge on any atom is 0.223 e. The van der Waals surface area contributed by atoms with Crippen LogP contribution in [-0.2, 0) is 4.79 Å². The molecule has 0 aromatic carbocycles. The second-order valence-electron chi connectivity index (χ2n) is 5.38. The fraction of sp³-hybridized carbons (Fsp3) is 0.917. The highest BCUT2D eigenvalue weighted by atomic mass is 16.3. The second-order valence-corrected chi connectivity index (χ2v) is 5.38. The number of carbonyl (C=O) groups excluding carboxylic acids is 1.